The molecule has 0 aliphatic heterocycles. The maximum Gasteiger partial charge on any atom is 0.291 e. The molecule has 7 nitrogen and oxygen atoms in total. The van der Waals surface area contributed by atoms with Gasteiger partial charge in [-0.25, -0.2) is 9.37 Å². The van der Waals surface area contributed by atoms with Gasteiger partial charge in [-0.2, -0.15) is 0 Å². The van der Waals surface area contributed by atoms with Crippen LogP contribution in [-0.4, -0.2) is 16.8 Å². The molecular formula is C23H18FN3O4S. The SMILES string of the molecule is Cc1cc(NC(=O)c2ccco2)sc1C(=O)NCc1cccnc1Oc1cccc(F)c1. The minimum absolute atomic E-state index is 0.156. The molecule has 4 rings (SSSR count). The van der Waals surface area contributed by atoms with Crippen LogP contribution < -0.4 is 15.4 Å². The summed E-state index contributed by atoms with van der Waals surface area (Å²) in [4.78, 5) is 29.5. The Morgan fingerprint density at radius 3 is 2.78 bits per heavy atom. The van der Waals surface area contributed by atoms with Crippen molar-refractivity contribution in [1.82, 2.24) is 10.3 Å². The van der Waals surface area contributed by atoms with Crippen molar-refractivity contribution in [3.63, 3.8) is 0 Å². The first-order valence-electron chi connectivity index (χ1n) is 9.60. The second kappa shape index (κ2) is 9.44. The van der Waals surface area contributed by atoms with E-state index < -0.39 is 11.7 Å². The summed E-state index contributed by atoms with van der Waals surface area (Å²) in [7, 11) is 0. The molecule has 0 bridgehead atoms. The molecule has 0 spiro atoms. The number of aryl methyl sites for hydroxylation is 1. The van der Waals surface area contributed by atoms with Crippen LogP contribution in [0, 0.1) is 12.7 Å². The van der Waals surface area contributed by atoms with Crippen LogP contribution >= 0.6 is 11.3 Å². The molecule has 32 heavy (non-hydrogen) atoms. The fraction of sp³-hybridized carbons (Fsp3) is 0.0870. The zero-order chi connectivity index (χ0) is 22.5. The van der Waals surface area contributed by atoms with Gasteiger partial charge in [0.25, 0.3) is 11.8 Å². The maximum atomic E-state index is 13.4. The molecule has 0 fully saturated rings. The number of rotatable bonds is 7. The first kappa shape index (κ1) is 21.3. The highest BCUT2D eigenvalue weighted by Crippen LogP contribution is 2.28. The van der Waals surface area contributed by atoms with Crippen LogP contribution in [0.1, 0.15) is 31.4 Å². The molecule has 1 aromatic carbocycles. The molecule has 0 saturated heterocycles. The Morgan fingerprint density at radius 1 is 1.12 bits per heavy atom. The van der Waals surface area contributed by atoms with E-state index in [1.54, 1.807) is 49.5 Å². The lowest BCUT2D eigenvalue weighted by Crippen LogP contribution is -2.22. The van der Waals surface area contributed by atoms with Crippen molar-refractivity contribution >= 4 is 28.2 Å². The molecular weight excluding hydrogens is 433 g/mol. The summed E-state index contributed by atoms with van der Waals surface area (Å²) in [5.41, 5.74) is 1.36. The molecule has 4 aromatic rings. The van der Waals surface area contributed by atoms with E-state index in [9.17, 15) is 14.0 Å². The number of aromatic nitrogens is 1. The smallest absolute Gasteiger partial charge is 0.291 e. The first-order chi connectivity index (χ1) is 15.5. The van der Waals surface area contributed by atoms with E-state index in [4.69, 9.17) is 9.15 Å². The second-order valence-corrected chi connectivity index (χ2v) is 7.82. The Kier molecular flexibility index (Phi) is 6.27. The van der Waals surface area contributed by atoms with Gasteiger partial charge in [0.2, 0.25) is 5.88 Å². The number of anilines is 1. The predicted octanol–water partition coefficient (Wildman–Crippen LogP) is 5.16. The number of hydrogen-bond donors (Lipinski definition) is 2. The van der Waals surface area contributed by atoms with Gasteiger partial charge in [0, 0.05) is 24.4 Å². The standard InChI is InChI=1S/C23H18FN3O4S/c1-14-11-19(27-21(28)18-8-4-10-30-18)32-20(14)22(29)26-13-15-5-3-9-25-23(15)31-17-7-2-6-16(24)12-17/h2-12H,13H2,1H3,(H,26,29)(H,27,28). The highest BCUT2D eigenvalue weighted by atomic mass is 32.1. The number of halogens is 1. The summed E-state index contributed by atoms with van der Waals surface area (Å²) in [5.74, 6) is -0.347. The molecule has 3 heterocycles. The third kappa shape index (κ3) is 5.01. The Bertz CT molecular complexity index is 1250. The van der Waals surface area contributed by atoms with Gasteiger partial charge >= 0.3 is 0 Å². The highest BCUT2D eigenvalue weighted by molar-refractivity contribution is 7.18. The van der Waals surface area contributed by atoms with Crippen molar-refractivity contribution in [3.8, 4) is 11.6 Å². The molecule has 3 aromatic heterocycles. The molecule has 2 amide bonds. The maximum absolute atomic E-state index is 13.4. The Labute approximate surface area is 186 Å². The fourth-order valence-corrected chi connectivity index (χ4v) is 3.88. The predicted molar refractivity (Wildman–Crippen MR) is 118 cm³/mol. The molecule has 0 radical (unpaired) electrons. The second-order valence-electron chi connectivity index (χ2n) is 6.76. The summed E-state index contributed by atoms with van der Waals surface area (Å²) < 4.78 is 24.2. The van der Waals surface area contributed by atoms with Crippen LogP contribution in [0.25, 0.3) is 0 Å². The number of hydrogen-bond acceptors (Lipinski definition) is 6. The van der Waals surface area contributed by atoms with E-state index >= 15 is 0 Å². The van der Waals surface area contributed by atoms with Crippen LogP contribution in [0.15, 0.2) is 71.5 Å². The van der Waals surface area contributed by atoms with Gasteiger partial charge in [-0.1, -0.05) is 12.1 Å². The number of benzene rings is 1. The first-order valence-corrected chi connectivity index (χ1v) is 10.4. The largest absolute Gasteiger partial charge is 0.459 e. The molecule has 0 atom stereocenters. The lowest BCUT2D eigenvalue weighted by molar-refractivity contribution is 0.0952. The number of carbonyl (C=O) groups is 2. The lowest BCUT2D eigenvalue weighted by Gasteiger charge is -2.11. The summed E-state index contributed by atoms with van der Waals surface area (Å²) in [5, 5.41) is 6.09. The molecule has 2 N–H and O–H groups in total. The Hall–Kier alpha value is -3.98. The monoisotopic (exact) mass is 451 g/mol. The molecule has 9 heteroatoms. The van der Waals surface area contributed by atoms with Gasteiger partial charge in [0.15, 0.2) is 5.76 Å². The number of nitrogens with zero attached hydrogens (tertiary/aromatic N) is 1. The Morgan fingerprint density at radius 2 is 2.00 bits per heavy atom. The average Bonchev–Trinajstić information content (AvgIpc) is 3.43. The number of amides is 2. The molecule has 162 valence electrons. The van der Waals surface area contributed by atoms with Crippen molar-refractivity contribution in [2.24, 2.45) is 0 Å². The van der Waals surface area contributed by atoms with E-state index in [0.717, 1.165) is 16.9 Å². The summed E-state index contributed by atoms with van der Waals surface area (Å²) in [6.45, 7) is 1.94. The normalized spacial score (nSPS) is 10.6. The number of furan rings is 1. The van der Waals surface area contributed by atoms with Crippen LogP contribution in [0.5, 0.6) is 11.6 Å². The molecule has 0 aliphatic rings. The fourth-order valence-electron chi connectivity index (χ4n) is 2.90. The van der Waals surface area contributed by atoms with E-state index in [2.05, 4.69) is 15.6 Å². The summed E-state index contributed by atoms with van der Waals surface area (Å²) in [6.07, 6.45) is 2.97. The minimum atomic E-state index is -0.420. The lowest BCUT2D eigenvalue weighted by atomic mass is 10.2. The topological polar surface area (TPSA) is 93.5 Å². The minimum Gasteiger partial charge on any atom is -0.459 e. The third-order valence-electron chi connectivity index (χ3n) is 4.41. The number of thiophene rings is 1. The van der Waals surface area contributed by atoms with Crippen molar-refractivity contribution in [3.05, 3.63) is 94.6 Å². The summed E-state index contributed by atoms with van der Waals surface area (Å²) >= 11 is 1.16. The van der Waals surface area contributed by atoms with Crippen molar-refractivity contribution in [2.45, 2.75) is 13.5 Å². The van der Waals surface area contributed by atoms with Crippen molar-refractivity contribution in [2.75, 3.05) is 5.32 Å². The summed E-state index contributed by atoms with van der Waals surface area (Å²) in [6, 6.07) is 14.1. The number of pyridine rings is 1. The van der Waals surface area contributed by atoms with Crippen LogP contribution in [0.2, 0.25) is 0 Å². The van der Waals surface area contributed by atoms with Crippen molar-refractivity contribution < 1.29 is 23.1 Å². The van der Waals surface area contributed by atoms with E-state index in [1.165, 1.54) is 24.5 Å². The molecule has 0 aliphatic carbocycles. The zero-order valence-corrected chi connectivity index (χ0v) is 17.7. The number of ether oxygens (including phenoxy) is 1. The van der Waals surface area contributed by atoms with E-state index in [-0.39, 0.29) is 24.1 Å². The zero-order valence-electron chi connectivity index (χ0n) is 16.9. The van der Waals surface area contributed by atoms with Crippen LogP contribution in [0.3, 0.4) is 0 Å². The van der Waals surface area contributed by atoms with Crippen LogP contribution in [0.4, 0.5) is 9.39 Å². The number of carbonyl (C=O) groups excluding carboxylic acids is 2. The van der Waals surface area contributed by atoms with Crippen molar-refractivity contribution in [1.29, 1.82) is 0 Å². The quantitative estimate of drug-likeness (QED) is 0.405. The highest BCUT2D eigenvalue weighted by Gasteiger charge is 2.17. The van der Waals surface area contributed by atoms with Gasteiger partial charge in [0.1, 0.15) is 11.6 Å². The van der Waals surface area contributed by atoms with Gasteiger partial charge in [-0.05, 0) is 48.9 Å². The van der Waals surface area contributed by atoms with Gasteiger partial charge in [-0.3, -0.25) is 9.59 Å². The van der Waals surface area contributed by atoms with E-state index in [0.29, 0.717) is 21.2 Å². The average molecular weight is 451 g/mol. The van der Waals surface area contributed by atoms with E-state index in [1.807, 2.05) is 0 Å². The molecule has 0 unspecified atom stereocenters. The van der Waals surface area contributed by atoms with Crippen LogP contribution in [-0.2, 0) is 6.54 Å². The van der Waals surface area contributed by atoms with Gasteiger partial charge in [-0.15, -0.1) is 11.3 Å². The van der Waals surface area contributed by atoms with Gasteiger partial charge in [0.05, 0.1) is 16.1 Å². The van der Waals surface area contributed by atoms with Gasteiger partial charge < -0.3 is 19.8 Å². The molecule has 0 saturated carbocycles. The Balaban J connectivity index is 1.42. The third-order valence-corrected chi connectivity index (χ3v) is 5.56. The number of nitrogens with one attached hydrogen (secondary N) is 2.